The number of hydrogen-bond acceptors (Lipinski definition) is 4. The summed E-state index contributed by atoms with van der Waals surface area (Å²) in [6.45, 7) is 0.376. The van der Waals surface area contributed by atoms with Crippen molar-refractivity contribution in [1.29, 1.82) is 0 Å². The number of aliphatic hydroxyl groups excluding tert-OH is 1. The Morgan fingerprint density at radius 2 is 2.21 bits per heavy atom. The van der Waals surface area contributed by atoms with E-state index in [2.05, 4.69) is 4.98 Å². The van der Waals surface area contributed by atoms with Gasteiger partial charge in [-0.3, -0.25) is 4.79 Å². The highest BCUT2D eigenvalue weighted by Gasteiger charge is 2.27. The molecule has 1 aromatic heterocycles. The van der Waals surface area contributed by atoms with Crippen LogP contribution in [0.2, 0.25) is 0 Å². The Morgan fingerprint density at radius 3 is 2.74 bits per heavy atom. The quantitative estimate of drug-likeness (QED) is 0.874. The van der Waals surface area contributed by atoms with Gasteiger partial charge in [-0.2, -0.15) is 0 Å². The number of hydrogen-bond donors (Lipinski definition) is 1. The number of ether oxygens (including phenoxy) is 1. The van der Waals surface area contributed by atoms with Crippen LogP contribution in [0, 0.1) is 0 Å². The van der Waals surface area contributed by atoms with Crippen LogP contribution in [-0.4, -0.2) is 47.2 Å². The number of carbonyl (C=O) groups is 1. The van der Waals surface area contributed by atoms with Crippen molar-refractivity contribution in [2.75, 3.05) is 20.3 Å². The van der Waals surface area contributed by atoms with Gasteiger partial charge in [0.2, 0.25) is 5.88 Å². The molecule has 0 radical (unpaired) electrons. The van der Waals surface area contributed by atoms with Crippen molar-refractivity contribution in [3.8, 4) is 5.88 Å². The van der Waals surface area contributed by atoms with Gasteiger partial charge in [0.1, 0.15) is 0 Å². The van der Waals surface area contributed by atoms with Gasteiger partial charge in [0.05, 0.1) is 19.3 Å². The Labute approximate surface area is 113 Å². The minimum atomic E-state index is -0.0592. The Hall–Kier alpha value is -1.62. The first-order valence-corrected chi connectivity index (χ1v) is 6.68. The topological polar surface area (TPSA) is 62.7 Å². The number of amides is 1. The van der Waals surface area contributed by atoms with Crippen molar-refractivity contribution >= 4 is 5.91 Å². The number of aromatic nitrogens is 1. The van der Waals surface area contributed by atoms with Gasteiger partial charge in [0.25, 0.3) is 5.91 Å². The average Bonchev–Trinajstić information content (AvgIpc) is 2.98. The molecule has 5 heteroatoms. The molecule has 0 bridgehead atoms. The van der Waals surface area contributed by atoms with Gasteiger partial charge in [0.15, 0.2) is 0 Å². The van der Waals surface area contributed by atoms with Crippen LogP contribution in [0.1, 0.15) is 36.0 Å². The molecular formula is C14H20N2O3. The minimum Gasteiger partial charge on any atom is -0.481 e. The first kappa shape index (κ1) is 13.8. The Balaban J connectivity index is 2.12. The lowest BCUT2D eigenvalue weighted by molar-refractivity contribution is 0.0637. The molecule has 1 saturated carbocycles. The van der Waals surface area contributed by atoms with Crippen LogP contribution in [0.15, 0.2) is 18.3 Å². The van der Waals surface area contributed by atoms with E-state index in [1.165, 1.54) is 6.20 Å². The summed E-state index contributed by atoms with van der Waals surface area (Å²) in [6.07, 6.45) is 5.88. The normalized spacial score (nSPS) is 15.5. The highest BCUT2D eigenvalue weighted by Crippen LogP contribution is 2.24. The second-order valence-electron chi connectivity index (χ2n) is 4.75. The van der Waals surface area contributed by atoms with Crippen molar-refractivity contribution in [3.05, 3.63) is 23.9 Å². The summed E-state index contributed by atoms with van der Waals surface area (Å²) in [6, 6.07) is 3.65. The molecule has 2 rings (SSSR count). The van der Waals surface area contributed by atoms with Crippen LogP contribution in [0.4, 0.5) is 0 Å². The molecule has 5 nitrogen and oxygen atoms in total. The fourth-order valence-corrected chi connectivity index (χ4v) is 2.57. The van der Waals surface area contributed by atoms with Gasteiger partial charge in [-0.1, -0.05) is 12.8 Å². The van der Waals surface area contributed by atoms with Gasteiger partial charge < -0.3 is 14.7 Å². The maximum absolute atomic E-state index is 12.5. The van der Waals surface area contributed by atoms with Gasteiger partial charge >= 0.3 is 0 Å². The molecule has 0 unspecified atom stereocenters. The van der Waals surface area contributed by atoms with Gasteiger partial charge in [0, 0.05) is 24.8 Å². The molecule has 1 aliphatic carbocycles. The number of nitrogens with zero attached hydrogens (tertiary/aromatic N) is 2. The van der Waals surface area contributed by atoms with Crippen LogP contribution in [0.25, 0.3) is 0 Å². The van der Waals surface area contributed by atoms with E-state index in [1.54, 1.807) is 24.1 Å². The van der Waals surface area contributed by atoms with E-state index in [9.17, 15) is 4.79 Å². The lowest BCUT2D eigenvalue weighted by Crippen LogP contribution is -2.40. The maximum atomic E-state index is 12.5. The molecule has 0 atom stereocenters. The van der Waals surface area contributed by atoms with E-state index in [4.69, 9.17) is 9.84 Å². The monoisotopic (exact) mass is 264 g/mol. The van der Waals surface area contributed by atoms with Gasteiger partial charge in [-0.05, 0) is 18.9 Å². The molecule has 1 amide bonds. The molecule has 0 spiro atoms. The van der Waals surface area contributed by atoms with Crippen LogP contribution in [-0.2, 0) is 0 Å². The van der Waals surface area contributed by atoms with Crippen molar-refractivity contribution in [2.45, 2.75) is 31.7 Å². The molecule has 1 heterocycles. The highest BCUT2D eigenvalue weighted by atomic mass is 16.5. The lowest BCUT2D eigenvalue weighted by atomic mass is 10.1. The molecule has 1 aromatic rings. The molecule has 1 fully saturated rings. The van der Waals surface area contributed by atoms with Crippen LogP contribution in [0.3, 0.4) is 0 Å². The van der Waals surface area contributed by atoms with Crippen LogP contribution in [0.5, 0.6) is 5.88 Å². The summed E-state index contributed by atoms with van der Waals surface area (Å²) in [4.78, 5) is 18.3. The van der Waals surface area contributed by atoms with Crippen molar-refractivity contribution in [1.82, 2.24) is 9.88 Å². The Morgan fingerprint density at radius 1 is 1.47 bits per heavy atom. The van der Waals surface area contributed by atoms with Crippen molar-refractivity contribution < 1.29 is 14.6 Å². The molecule has 0 aliphatic heterocycles. The summed E-state index contributed by atoms with van der Waals surface area (Å²) in [7, 11) is 1.54. The second kappa shape index (κ2) is 6.52. The fourth-order valence-electron chi connectivity index (χ4n) is 2.57. The van der Waals surface area contributed by atoms with Gasteiger partial charge in [-0.15, -0.1) is 0 Å². The summed E-state index contributed by atoms with van der Waals surface area (Å²) >= 11 is 0. The van der Waals surface area contributed by atoms with Crippen LogP contribution < -0.4 is 4.74 Å². The summed E-state index contributed by atoms with van der Waals surface area (Å²) in [5.41, 5.74) is 0.543. The first-order valence-electron chi connectivity index (χ1n) is 6.68. The second-order valence-corrected chi connectivity index (χ2v) is 4.75. The number of carbonyl (C=O) groups excluding carboxylic acids is 1. The number of pyridine rings is 1. The average molecular weight is 264 g/mol. The van der Waals surface area contributed by atoms with E-state index >= 15 is 0 Å². The number of aliphatic hydroxyl groups is 1. The largest absolute Gasteiger partial charge is 0.481 e. The zero-order valence-electron chi connectivity index (χ0n) is 11.2. The SMILES string of the molecule is COc1ccc(C(=O)N(CCO)C2CCCC2)cn1. The Kier molecular flexibility index (Phi) is 4.74. The van der Waals surface area contributed by atoms with Crippen molar-refractivity contribution in [3.63, 3.8) is 0 Å². The Bertz CT molecular complexity index is 413. The van der Waals surface area contributed by atoms with E-state index in [0.29, 0.717) is 18.0 Å². The van der Waals surface area contributed by atoms with Crippen molar-refractivity contribution in [2.24, 2.45) is 0 Å². The highest BCUT2D eigenvalue weighted by molar-refractivity contribution is 5.94. The third kappa shape index (κ3) is 3.23. The van der Waals surface area contributed by atoms with Gasteiger partial charge in [-0.25, -0.2) is 4.98 Å². The van der Waals surface area contributed by atoms with E-state index in [-0.39, 0.29) is 18.6 Å². The molecule has 1 aliphatic rings. The minimum absolute atomic E-state index is 0.00811. The molecule has 0 saturated heterocycles. The number of methoxy groups -OCH3 is 1. The predicted octanol–water partition coefficient (Wildman–Crippen LogP) is 1.47. The molecule has 0 aromatic carbocycles. The summed E-state index contributed by atoms with van der Waals surface area (Å²) in [5.74, 6) is 0.433. The lowest BCUT2D eigenvalue weighted by Gasteiger charge is -2.28. The fraction of sp³-hybridized carbons (Fsp3) is 0.571. The van der Waals surface area contributed by atoms with E-state index < -0.39 is 0 Å². The smallest absolute Gasteiger partial charge is 0.255 e. The molecule has 1 N–H and O–H groups in total. The maximum Gasteiger partial charge on any atom is 0.255 e. The third-order valence-electron chi connectivity index (χ3n) is 3.56. The molecular weight excluding hydrogens is 244 g/mol. The first-order chi connectivity index (χ1) is 9.26. The zero-order chi connectivity index (χ0) is 13.7. The molecule has 104 valence electrons. The standard InChI is InChI=1S/C14H20N2O3/c1-19-13-7-6-11(10-15-13)14(18)16(8-9-17)12-4-2-3-5-12/h6-7,10,12,17H,2-5,8-9H2,1H3. The third-order valence-corrected chi connectivity index (χ3v) is 3.56. The van der Waals surface area contributed by atoms with E-state index in [0.717, 1.165) is 25.7 Å². The zero-order valence-corrected chi connectivity index (χ0v) is 11.2. The summed E-state index contributed by atoms with van der Waals surface area (Å²) < 4.78 is 4.98. The predicted molar refractivity (Wildman–Crippen MR) is 71.2 cm³/mol. The number of rotatable bonds is 5. The summed E-state index contributed by atoms with van der Waals surface area (Å²) in [5, 5.41) is 9.15. The van der Waals surface area contributed by atoms with E-state index in [1.807, 2.05) is 0 Å². The van der Waals surface area contributed by atoms with Crippen LogP contribution >= 0.6 is 0 Å². The molecule has 19 heavy (non-hydrogen) atoms.